The number of likely N-dealkylation sites (N-methyl/N-ethyl adjacent to an activating group) is 2. The molecule has 1 aliphatic rings. The Kier molecular flexibility index (Phi) is 5.54. The van der Waals surface area contributed by atoms with Crippen LogP contribution in [0, 0.1) is 11.6 Å². The third-order valence-corrected chi connectivity index (χ3v) is 4.13. The predicted molar refractivity (Wildman–Crippen MR) is 82.4 cm³/mol. The van der Waals surface area contributed by atoms with Crippen LogP contribution in [0.2, 0.25) is 5.02 Å². The van der Waals surface area contributed by atoms with E-state index in [4.69, 9.17) is 11.6 Å². The quantitative estimate of drug-likeness (QED) is 0.779. The van der Waals surface area contributed by atoms with Crippen LogP contribution in [0.4, 0.5) is 8.78 Å². The van der Waals surface area contributed by atoms with Crippen molar-refractivity contribution in [1.29, 1.82) is 0 Å². The number of halogens is 3. The first-order valence-electron chi connectivity index (χ1n) is 7.16. The fourth-order valence-corrected chi connectivity index (χ4v) is 2.55. The summed E-state index contributed by atoms with van der Waals surface area (Å²) in [5.74, 6) is -3.09. The maximum Gasteiger partial charge on any atom is 0.255 e. The summed E-state index contributed by atoms with van der Waals surface area (Å²) in [5.41, 5.74) is -0.167. The number of carbonyl (C=O) groups excluding carboxylic acids is 2. The molecule has 0 N–H and O–H groups in total. The molecule has 23 heavy (non-hydrogen) atoms. The van der Waals surface area contributed by atoms with Gasteiger partial charge in [0, 0.05) is 33.2 Å². The molecule has 0 radical (unpaired) electrons. The summed E-state index contributed by atoms with van der Waals surface area (Å²) in [6.07, 6.45) is 0. The van der Waals surface area contributed by atoms with Gasteiger partial charge in [-0.1, -0.05) is 11.6 Å². The van der Waals surface area contributed by atoms with E-state index in [0.717, 1.165) is 30.1 Å². The number of amides is 2. The first kappa shape index (κ1) is 17.6. The summed E-state index contributed by atoms with van der Waals surface area (Å²) in [6, 6.07) is 1.50. The van der Waals surface area contributed by atoms with Gasteiger partial charge < -0.3 is 14.7 Å². The number of hydrogen-bond acceptors (Lipinski definition) is 3. The molecule has 0 aliphatic carbocycles. The lowest BCUT2D eigenvalue weighted by Gasteiger charge is -2.33. The summed E-state index contributed by atoms with van der Waals surface area (Å²) in [4.78, 5) is 29.4. The minimum atomic E-state index is -1.16. The average molecular weight is 346 g/mol. The molecule has 1 aromatic rings. The standard InChI is InChI=1S/C15H18ClF2N3O2/c1-19-3-5-21(6-4-19)14(22)9-20(2)15(23)10-7-12(17)13(18)8-11(10)16/h7-8H,3-6,9H2,1-2H3. The molecule has 5 nitrogen and oxygen atoms in total. The molecule has 8 heteroatoms. The van der Waals surface area contributed by atoms with Crippen LogP contribution in [0.25, 0.3) is 0 Å². The van der Waals surface area contributed by atoms with Gasteiger partial charge in [0.25, 0.3) is 5.91 Å². The van der Waals surface area contributed by atoms with Gasteiger partial charge in [-0.25, -0.2) is 8.78 Å². The Bertz CT molecular complexity index is 619. The van der Waals surface area contributed by atoms with E-state index in [1.165, 1.54) is 7.05 Å². The van der Waals surface area contributed by atoms with Gasteiger partial charge in [0.05, 0.1) is 17.1 Å². The highest BCUT2D eigenvalue weighted by Crippen LogP contribution is 2.21. The minimum absolute atomic E-state index is 0.141. The number of hydrogen-bond donors (Lipinski definition) is 0. The first-order valence-corrected chi connectivity index (χ1v) is 7.53. The van der Waals surface area contributed by atoms with E-state index in [2.05, 4.69) is 4.90 Å². The monoisotopic (exact) mass is 345 g/mol. The lowest BCUT2D eigenvalue weighted by molar-refractivity contribution is -0.133. The maximum absolute atomic E-state index is 13.3. The zero-order chi connectivity index (χ0) is 17.1. The highest BCUT2D eigenvalue weighted by Gasteiger charge is 2.24. The first-order chi connectivity index (χ1) is 10.8. The molecule has 0 aromatic heterocycles. The SMILES string of the molecule is CN1CCN(C(=O)CN(C)C(=O)c2cc(F)c(F)cc2Cl)CC1. The minimum Gasteiger partial charge on any atom is -0.339 e. The largest absolute Gasteiger partial charge is 0.339 e. The van der Waals surface area contributed by atoms with Crippen molar-refractivity contribution < 1.29 is 18.4 Å². The molecule has 1 saturated heterocycles. The van der Waals surface area contributed by atoms with Crippen molar-refractivity contribution in [2.24, 2.45) is 0 Å². The molecule has 1 fully saturated rings. The summed E-state index contributed by atoms with van der Waals surface area (Å²) in [7, 11) is 3.40. The van der Waals surface area contributed by atoms with Crippen LogP contribution < -0.4 is 0 Å². The Morgan fingerprint density at radius 1 is 1.17 bits per heavy atom. The van der Waals surface area contributed by atoms with Gasteiger partial charge in [-0.05, 0) is 19.2 Å². The van der Waals surface area contributed by atoms with Crippen molar-refractivity contribution in [3.63, 3.8) is 0 Å². The number of benzene rings is 1. The molecule has 0 bridgehead atoms. The van der Waals surface area contributed by atoms with Gasteiger partial charge in [-0.3, -0.25) is 9.59 Å². The summed E-state index contributed by atoms with van der Waals surface area (Å²) in [6.45, 7) is 2.61. The van der Waals surface area contributed by atoms with Gasteiger partial charge in [-0.15, -0.1) is 0 Å². The topological polar surface area (TPSA) is 43.9 Å². The normalized spacial score (nSPS) is 15.6. The van der Waals surface area contributed by atoms with Gasteiger partial charge >= 0.3 is 0 Å². The van der Waals surface area contributed by atoms with E-state index < -0.39 is 17.5 Å². The number of carbonyl (C=O) groups is 2. The van der Waals surface area contributed by atoms with Crippen LogP contribution in [0.1, 0.15) is 10.4 Å². The molecule has 2 rings (SSSR count). The number of nitrogens with zero attached hydrogens (tertiary/aromatic N) is 3. The van der Waals surface area contributed by atoms with Gasteiger partial charge in [0.2, 0.25) is 5.91 Å². The Balaban J connectivity index is 2.03. The van der Waals surface area contributed by atoms with Crippen molar-refractivity contribution in [2.75, 3.05) is 46.8 Å². The van der Waals surface area contributed by atoms with E-state index in [1.807, 2.05) is 7.05 Å². The third-order valence-electron chi connectivity index (χ3n) is 3.82. The second-order valence-electron chi connectivity index (χ2n) is 5.59. The van der Waals surface area contributed by atoms with Crippen molar-refractivity contribution in [3.05, 3.63) is 34.4 Å². The smallest absolute Gasteiger partial charge is 0.255 e. The maximum atomic E-state index is 13.3. The highest BCUT2D eigenvalue weighted by molar-refractivity contribution is 6.33. The van der Waals surface area contributed by atoms with Gasteiger partial charge in [0.1, 0.15) is 0 Å². The van der Waals surface area contributed by atoms with Crippen LogP contribution in [0.5, 0.6) is 0 Å². The summed E-state index contributed by atoms with van der Waals surface area (Å²) < 4.78 is 26.3. The Hall–Kier alpha value is -1.73. The lowest BCUT2D eigenvalue weighted by Crippen LogP contribution is -2.50. The van der Waals surface area contributed by atoms with Crippen LogP contribution >= 0.6 is 11.6 Å². The van der Waals surface area contributed by atoms with E-state index >= 15 is 0 Å². The summed E-state index contributed by atoms with van der Waals surface area (Å²) >= 11 is 5.79. The molecule has 1 heterocycles. The fourth-order valence-electron chi connectivity index (χ4n) is 2.32. The molecule has 0 atom stereocenters. The molecule has 0 unspecified atom stereocenters. The van der Waals surface area contributed by atoms with Crippen molar-refractivity contribution in [2.45, 2.75) is 0 Å². The van der Waals surface area contributed by atoms with Crippen LogP contribution in [0.15, 0.2) is 12.1 Å². The van der Waals surface area contributed by atoms with Crippen molar-refractivity contribution in [1.82, 2.24) is 14.7 Å². The van der Waals surface area contributed by atoms with Gasteiger partial charge in [0.15, 0.2) is 11.6 Å². The van der Waals surface area contributed by atoms with E-state index in [9.17, 15) is 18.4 Å². The Morgan fingerprint density at radius 2 is 1.74 bits per heavy atom. The third kappa shape index (κ3) is 4.17. The van der Waals surface area contributed by atoms with E-state index in [1.54, 1.807) is 4.90 Å². The zero-order valence-electron chi connectivity index (χ0n) is 13.0. The second kappa shape index (κ2) is 7.23. The molecule has 2 amide bonds. The Labute approximate surface area is 138 Å². The zero-order valence-corrected chi connectivity index (χ0v) is 13.7. The molecule has 1 aliphatic heterocycles. The Morgan fingerprint density at radius 3 is 2.35 bits per heavy atom. The van der Waals surface area contributed by atoms with Crippen LogP contribution in [-0.4, -0.2) is 73.3 Å². The van der Waals surface area contributed by atoms with Crippen LogP contribution in [-0.2, 0) is 4.79 Å². The number of rotatable bonds is 3. The molecular formula is C15H18ClF2N3O2. The summed E-state index contributed by atoms with van der Waals surface area (Å²) in [5, 5.41) is -0.187. The average Bonchev–Trinajstić information content (AvgIpc) is 2.50. The van der Waals surface area contributed by atoms with Gasteiger partial charge in [-0.2, -0.15) is 0 Å². The second-order valence-corrected chi connectivity index (χ2v) is 6.00. The van der Waals surface area contributed by atoms with Crippen molar-refractivity contribution >= 4 is 23.4 Å². The predicted octanol–water partition coefficient (Wildman–Crippen LogP) is 1.46. The fraction of sp³-hybridized carbons (Fsp3) is 0.467. The molecule has 1 aromatic carbocycles. The molecule has 0 spiro atoms. The van der Waals surface area contributed by atoms with Crippen molar-refractivity contribution in [3.8, 4) is 0 Å². The van der Waals surface area contributed by atoms with E-state index in [0.29, 0.717) is 13.1 Å². The molecular weight excluding hydrogens is 328 g/mol. The lowest BCUT2D eigenvalue weighted by atomic mass is 10.2. The number of piperazine rings is 1. The molecule has 0 saturated carbocycles. The van der Waals surface area contributed by atoms with Crippen LogP contribution in [0.3, 0.4) is 0 Å². The molecule has 126 valence electrons. The van der Waals surface area contributed by atoms with E-state index in [-0.39, 0.29) is 23.0 Å². The highest BCUT2D eigenvalue weighted by atomic mass is 35.5.